The predicted octanol–water partition coefficient (Wildman–Crippen LogP) is 4.69. The van der Waals surface area contributed by atoms with Gasteiger partial charge in [-0.2, -0.15) is 0 Å². The van der Waals surface area contributed by atoms with Gasteiger partial charge in [-0.25, -0.2) is 0 Å². The number of amides is 2. The van der Waals surface area contributed by atoms with Gasteiger partial charge in [-0.15, -0.1) is 0 Å². The Labute approximate surface area is 231 Å². The summed E-state index contributed by atoms with van der Waals surface area (Å²) in [5.41, 5.74) is 2.21. The SMILES string of the molecule is CCCc1c(OCc2cccc(NC(=O)c3cccc(/C(O)=C4/C(=O)CN(C)C4=O)c3)c2)ccc(C(C)=O)c1O. The Morgan fingerprint density at radius 2 is 1.75 bits per heavy atom. The second kappa shape index (κ2) is 11.9. The first-order chi connectivity index (χ1) is 19.1. The Bertz CT molecular complexity index is 1540. The number of hydrogen-bond acceptors (Lipinski definition) is 7. The lowest BCUT2D eigenvalue weighted by atomic mass is 10.0. The van der Waals surface area contributed by atoms with Gasteiger partial charge in [0, 0.05) is 29.4 Å². The average molecular weight is 543 g/mol. The van der Waals surface area contributed by atoms with Gasteiger partial charge in [-0.05, 0) is 55.3 Å². The number of carbonyl (C=O) groups is 4. The molecule has 1 saturated heterocycles. The van der Waals surface area contributed by atoms with Crippen molar-refractivity contribution in [2.24, 2.45) is 0 Å². The molecule has 1 heterocycles. The first-order valence-corrected chi connectivity index (χ1v) is 12.8. The number of benzene rings is 3. The van der Waals surface area contributed by atoms with E-state index in [1.54, 1.807) is 42.5 Å². The van der Waals surface area contributed by atoms with Gasteiger partial charge in [0.2, 0.25) is 0 Å². The number of rotatable bonds is 9. The van der Waals surface area contributed by atoms with Crippen molar-refractivity contribution in [1.82, 2.24) is 4.90 Å². The number of carbonyl (C=O) groups excluding carboxylic acids is 4. The Hall–Kier alpha value is -4.92. The fourth-order valence-electron chi connectivity index (χ4n) is 4.49. The molecular formula is C31H30N2O7. The number of likely N-dealkylation sites (tertiary alicyclic amines) is 1. The van der Waals surface area contributed by atoms with E-state index in [0.29, 0.717) is 23.4 Å². The van der Waals surface area contributed by atoms with E-state index < -0.39 is 23.4 Å². The maximum atomic E-state index is 13.0. The third kappa shape index (κ3) is 5.88. The number of likely N-dealkylation sites (N-methyl/N-ethyl adjacent to an activating group) is 1. The van der Waals surface area contributed by atoms with Crippen LogP contribution in [0.25, 0.3) is 5.76 Å². The van der Waals surface area contributed by atoms with Gasteiger partial charge >= 0.3 is 0 Å². The number of anilines is 1. The van der Waals surface area contributed by atoms with E-state index in [1.807, 2.05) is 13.0 Å². The van der Waals surface area contributed by atoms with Gasteiger partial charge in [0.05, 0.1) is 12.1 Å². The molecule has 1 fully saturated rings. The van der Waals surface area contributed by atoms with Gasteiger partial charge in [-0.3, -0.25) is 19.2 Å². The molecule has 2 amide bonds. The van der Waals surface area contributed by atoms with Crippen molar-refractivity contribution in [3.8, 4) is 11.5 Å². The number of nitrogens with zero attached hydrogens (tertiary/aromatic N) is 1. The number of phenols is 1. The van der Waals surface area contributed by atoms with E-state index in [4.69, 9.17) is 4.74 Å². The van der Waals surface area contributed by atoms with Crippen LogP contribution in [0.1, 0.15) is 57.7 Å². The van der Waals surface area contributed by atoms with Crippen molar-refractivity contribution in [1.29, 1.82) is 0 Å². The van der Waals surface area contributed by atoms with Gasteiger partial charge < -0.3 is 25.2 Å². The lowest BCUT2D eigenvalue weighted by Gasteiger charge is -2.15. The summed E-state index contributed by atoms with van der Waals surface area (Å²) < 4.78 is 5.98. The Morgan fingerprint density at radius 3 is 2.42 bits per heavy atom. The highest BCUT2D eigenvalue weighted by Crippen LogP contribution is 2.33. The molecule has 0 bridgehead atoms. The summed E-state index contributed by atoms with van der Waals surface area (Å²) in [7, 11) is 1.47. The van der Waals surface area contributed by atoms with Gasteiger partial charge in [-0.1, -0.05) is 37.6 Å². The molecule has 40 heavy (non-hydrogen) atoms. The second-order valence-corrected chi connectivity index (χ2v) is 9.58. The summed E-state index contributed by atoms with van der Waals surface area (Å²) in [5.74, 6) is -1.77. The minimum Gasteiger partial charge on any atom is -0.507 e. The highest BCUT2D eigenvalue weighted by molar-refractivity contribution is 6.28. The third-order valence-electron chi connectivity index (χ3n) is 6.55. The topological polar surface area (TPSA) is 133 Å². The number of phenolic OH excluding ortho intramolecular Hbond substituents is 1. The minimum absolute atomic E-state index is 0.0644. The molecule has 0 saturated carbocycles. The van der Waals surface area contributed by atoms with Crippen LogP contribution in [0.15, 0.2) is 66.2 Å². The maximum Gasteiger partial charge on any atom is 0.261 e. The van der Waals surface area contributed by atoms with E-state index in [9.17, 15) is 29.4 Å². The number of Topliss-reactive ketones (excluding diaryl/α,β-unsaturated/α-hetero) is 2. The van der Waals surface area contributed by atoms with Gasteiger partial charge in [0.1, 0.15) is 29.4 Å². The average Bonchev–Trinajstić information content (AvgIpc) is 3.19. The molecule has 0 spiro atoms. The summed E-state index contributed by atoms with van der Waals surface area (Å²) in [6.07, 6.45) is 1.30. The summed E-state index contributed by atoms with van der Waals surface area (Å²) in [6.45, 7) is 3.42. The highest BCUT2D eigenvalue weighted by atomic mass is 16.5. The van der Waals surface area contributed by atoms with Crippen LogP contribution in [0.5, 0.6) is 11.5 Å². The van der Waals surface area contributed by atoms with Crippen LogP contribution < -0.4 is 10.1 Å². The standard InChI is InChI=1S/C31H30N2O7/c1-4-7-24-26(13-12-23(18(2)34)29(24)37)40-17-19-8-5-11-22(14-19)32-30(38)21-10-6-9-20(15-21)28(36)27-25(35)16-33(3)31(27)39/h5-6,8-15,36-37H,4,7,16-17H2,1-3H3,(H,32,38)/b28-27+. The van der Waals surface area contributed by atoms with Crippen molar-refractivity contribution < 1.29 is 34.1 Å². The number of aliphatic hydroxyl groups is 1. The lowest BCUT2D eigenvalue weighted by Crippen LogP contribution is -2.19. The number of hydrogen-bond donors (Lipinski definition) is 3. The molecule has 1 aliphatic rings. The molecule has 0 aromatic heterocycles. The molecule has 3 aromatic rings. The number of ketones is 2. The van der Waals surface area contributed by atoms with Crippen LogP contribution in [0, 0.1) is 0 Å². The summed E-state index contributed by atoms with van der Waals surface area (Å²) in [5, 5.41) is 24.0. The first-order valence-electron chi connectivity index (χ1n) is 12.8. The van der Waals surface area contributed by atoms with Crippen molar-refractivity contribution in [3.05, 3.63) is 94.1 Å². The number of aliphatic hydroxyl groups excluding tert-OH is 1. The van der Waals surface area contributed by atoms with Crippen LogP contribution in [-0.4, -0.2) is 52.1 Å². The Balaban J connectivity index is 1.49. The third-order valence-corrected chi connectivity index (χ3v) is 6.55. The highest BCUT2D eigenvalue weighted by Gasteiger charge is 2.34. The van der Waals surface area contributed by atoms with Gasteiger partial charge in [0.15, 0.2) is 11.6 Å². The molecule has 0 unspecified atom stereocenters. The molecule has 0 radical (unpaired) electrons. The first kappa shape index (κ1) is 28.1. The molecule has 4 rings (SSSR count). The molecule has 9 nitrogen and oxygen atoms in total. The van der Waals surface area contributed by atoms with Gasteiger partial charge in [0.25, 0.3) is 11.8 Å². The fraction of sp³-hybridized carbons (Fsp3) is 0.226. The van der Waals surface area contributed by atoms with Crippen molar-refractivity contribution in [2.45, 2.75) is 33.3 Å². The van der Waals surface area contributed by atoms with Crippen molar-refractivity contribution in [3.63, 3.8) is 0 Å². The minimum atomic E-state index is -0.566. The molecule has 0 atom stereocenters. The number of ether oxygens (including phenoxy) is 1. The molecule has 3 N–H and O–H groups in total. The normalized spacial score (nSPS) is 14.3. The maximum absolute atomic E-state index is 13.0. The lowest BCUT2D eigenvalue weighted by molar-refractivity contribution is -0.123. The molecule has 206 valence electrons. The number of nitrogens with one attached hydrogen (secondary N) is 1. The van der Waals surface area contributed by atoms with E-state index in [1.165, 1.54) is 31.0 Å². The van der Waals surface area contributed by atoms with Crippen LogP contribution in [0.3, 0.4) is 0 Å². The zero-order valence-corrected chi connectivity index (χ0v) is 22.5. The molecule has 1 aliphatic heterocycles. The smallest absolute Gasteiger partial charge is 0.261 e. The van der Waals surface area contributed by atoms with E-state index in [-0.39, 0.29) is 46.9 Å². The zero-order chi connectivity index (χ0) is 29.0. The van der Waals surface area contributed by atoms with E-state index in [2.05, 4.69) is 5.32 Å². The van der Waals surface area contributed by atoms with Crippen LogP contribution in [0.4, 0.5) is 5.69 Å². The van der Waals surface area contributed by atoms with E-state index >= 15 is 0 Å². The molecule has 3 aromatic carbocycles. The monoisotopic (exact) mass is 542 g/mol. The Kier molecular flexibility index (Phi) is 8.33. The quantitative estimate of drug-likeness (QED) is 0.155. The summed E-state index contributed by atoms with van der Waals surface area (Å²) in [6, 6.07) is 16.3. The Morgan fingerprint density at radius 1 is 1.02 bits per heavy atom. The molecular weight excluding hydrogens is 512 g/mol. The van der Waals surface area contributed by atoms with E-state index in [0.717, 1.165) is 12.0 Å². The van der Waals surface area contributed by atoms with Crippen molar-refractivity contribution in [2.75, 3.05) is 18.9 Å². The predicted molar refractivity (Wildman–Crippen MR) is 149 cm³/mol. The molecule has 9 heteroatoms. The van der Waals surface area contributed by atoms with Crippen LogP contribution in [-0.2, 0) is 22.6 Å². The van der Waals surface area contributed by atoms with Crippen LogP contribution >= 0.6 is 0 Å². The summed E-state index contributed by atoms with van der Waals surface area (Å²) >= 11 is 0. The largest absolute Gasteiger partial charge is 0.507 e. The van der Waals surface area contributed by atoms with Crippen molar-refractivity contribution >= 4 is 34.8 Å². The summed E-state index contributed by atoms with van der Waals surface area (Å²) in [4.78, 5) is 50.4. The number of aromatic hydroxyl groups is 1. The fourth-order valence-corrected chi connectivity index (χ4v) is 4.49. The zero-order valence-electron chi connectivity index (χ0n) is 22.5. The second-order valence-electron chi connectivity index (χ2n) is 9.58. The molecule has 0 aliphatic carbocycles. The van der Waals surface area contributed by atoms with Crippen LogP contribution in [0.2, 0.25) is 0 Å².